The fraction of sp³-hybridized carbons (Fsp3) is 0.318. The molecule has 4 rings (SSSR count). The first-order valence-electron chi connectivity index (χ1n) is 9.38. The molecule has 0 unspecified atom stereocenters. The van der Waals surface area contributed by atoms with Crippen LogP contribution in [0.25, 0.3) is 0 Å². The molecule has 5 heteroatoms. The van der Waals surface area contributed by atoms with Crippen LogP contribution >= 0.6 is 22.7 Å². The highest BCUT2D eigenvalue weighted by molar-refractivity contribution is 7.12. The zero-order valence-corrected chi connectivity index (χ0v) is 17.1. The minimum Gasteiger partial charge on any atom is -0.305 e. The van der Waals surface area contributed by atoms with Gasteiger partial charge in [-0.15, -0.1) is 11.3 Å². The average Bonchev–Trinajstić information content (AvgIpc) is 3.39. The van der Waals surface area contributed by atoms with Crippen LogP contribution in [-0.4, -0.2) is 29.9 Å². The van der Waals surface area contributed by atoms with Crippen LogP contribution in [0.4, 0.5) is 5.69 Å². The number of piperidine rings is 1. The van der Waals surface area contributed by atoms with E-state index in [0.29, 0.717) is 0 Å². The van der Waals surface area contributed by atoms with Crippen molar-refractivity contribution in [2.45, 2.75) is 32.4 Å². The van der Waals surface area contributed by atoms with Gasteiger partial charge in [0.15, 0.2) is 0 Å². The summed E-state index contributed by atoms with van der Waals surface area (Å²) >= 11 is 3.28. The average molecular weight is 397 g/mol. The van der Waals surface area contributed by atoms with E-state index in [-0.39, 0.29) is 11.9 Å². The molecule has 0 aliphatic carbocycles. The molecule has 1 fully saturated rings. The number of aryl methyl sites for hydroxylation is 1. The third-order valence-electron chi connectivity index (χ3n) is 5.17. The second-order valence-corrected chi connectivity index (χ2v) is 8.85. The predicted molar refractivity (Wildman–Crippen MR) is 115 cm³/mol. The Bertz CT molecular complexity index is 848. The standard InChI is InChI=1S/C22H24N2OS2/c1-17-4-6-19(7-5-17)24(22(25)21-3-2-13-27-21)20-8-11-23(12-9-20)15-18-10-14-26-16-18/h2-7,10,13-14,16,20H,8-9,11-12,15H2,1H3. The van der Waals surface area contributed by atoms with Gasteiger partial charge < -0.3 is 4.90 Å². The van der Waals surface area contributed by atoms with Crippen LogP contribution in [0.1, 0.15) is 33.6 Å². The maximum Gasteiger partial charge on any atom is 0.268 e. The molecule has 1 amide bonds. The first-order chi connectivity index (χ1) is 13.2. The normalized spacial score (nSPS) is 15.7. The number of thiophene rings is 2. The van der Waals surface area contributed by atoms with Gasteiger partial charge in [-0.2, -0.15) is 11.3 Å². The van der Waals surface area contributed by atoms with Crippen molar-refractivity contribution in [1.82, 2.24) is 4.90 Å². The second kappa shape index (κ2) is 8.38. The Morgan fingerprint density at radius 3 is 2.52 bits per heavy atom. The van der Waals surface area contributed by atoms with Gasteiger partial charge in [0.25, 0.3) is 5.91 Å². The highest BCUT2D eigenvalue weighted by Crippen LogP contribution is 2.28. The van der Waals surface area contributed by atoms with Gasteiger partial charge in [-0.05, 0) is 65.7 Å². The summed E-state index contributed by atoms with van der Waals surface area (Å²) < 4.78 is 0. The fourth-order valence-electron chi connectivity index (χ4n) is 3.69. The lowest BCUT2D eigenvalue weighted by Crippen LogP contribution is -2.47. The number of amides is 1. The maximum absolute atomic E-state index is 13.3. The first-order valence-corrected chi connectivity index (χ1v) is 11.2. The lowest BCUT2D eigenvalue weighted by atomic mass is 10.0. The smallest absolute Gasteiger partial charge is 0.268 e. The van der Waals surface area contributed by atoms with Gasteiger partial charge in [0.05, 0.1) is 4.88 Å². The minimum atomic E-state index is 0.130. The van der Waals surface area contributed by atoms with E-state index in [0.717, 1.165) is 43.0 Å². The van der Waals surface area contributed by atoms with E-state index in [1.165, 1.54) is 22.5 Å². The highest BCUT2D eigenvalue weighted by Gasteiger charge is 2.30. The summed E-state index contributed by atoms with van der Waals surface area (Å²) in [4.78, 5) is 18.6. The van der Waals surface area contributed by atoms with Crippen molar-refractivity contribution in [3.05, 3.63) is 74.6 Å². The molecule has 27 heavy (non-hydrogen) atoms. The van der Waals surface area contributed by atoms with Crippen LogP contribution in [0.2, 0.25) is 0 Å². The van der Waals surface area contributed by atoms with Crippen molar-refractivity contribution in [2.24, 2.45) is 0 Å². The molecule has 0 radical (unpaired) electrons. The van der Waals surface area contributed by atoms with E-state index in [9.17, 15) is 4.79 Å². The monoisotopic (exact) mass is 396 g/mol. The van der Waals surface area contributed by atoms with Gasteiger partial charge in [-0.25, -0.2) is 0 Å². The van der Waals surface area contributed by atoms with Crippen LogP contribution in [0.15, 0.2) is 58.6 Å². The molecule has 140 valence electrons. The van der Waals surface area contributed by atoms with Gasteiger partial charge in [-0.1, -0.05) is 23.8 Å². The van der Waals surface area contributed by atoms with Crippen molar-refractivity contribution >= 4 is 34.3 Å². The molecule has 1 aliphatic rings. The summed E-state index contributed by atoms with van der Waals surface area (Å²) in [5, 5.41) is 6.34. The van der Waals surface area contributed by atoms with Crippen LogP contribution in [-0.2, 0) is 6.54 Å². The predicted octanol–water partition coefficient (Wildman–Crippen LogP) is 5.43. The van der Waals surface area contributed by atoms with Crippen LogP contribution in [0.3, 0.4) is 0 Å². The van der Waals surface area contributed by atoms with Crippen LogP contribution in [0, 0.1) is 6.92 Å². The maximum atomic E-state index is 13.3. The summed E-state index contributed by atoms with van der Waals surface area (Å²) in [6, 6.07) is 14.7. The van der Waals surface area contributed by atoms with Gasteiger partial charge >= 0.3 is 0 Å². The van der Waals surface area contributed by atoms with Gasteiger partial charge in [0.2, 0.25) is 0 Å². The SMILES string of the molecule is Cc1ccc(N(C(=O)c2cccs2)C2CCN(Cc3ccsc3)CC2)cc1. The lowest BCUT2D eigenvalue weighted by Gasteiger charge is -2.38. The van der Waals surface area contributed by atoms with Crippen molar-refractivity contribution in [3.8, 4) is 0 Å². The Balaban J connectivity index is 1.51. The molecule has 0 bridgehead atoms. The molecule has 3 aromatic rings. The molecule has 1 aliphatic heterocycles. The van der Waals surface area contributed by atoms with Crippen molar-refractivity contribution < 1.29 is 4.79 Å². The highest BCUT2D eigenvalue weighted by atomic mass is 32.1. The summed E-state index contributed by atoms with van der Waals surface area (Å²) in [6.45, 7) is 5.15. The molecule has 1 saturated heterocycles. The number of likely N-dealkylation sites (tertiary alicyclic amines) is 1. The third-order valence-corrected chi connectivity index (χ3v) is 6.76. The Morgan fingerprint density at radius 2 is 1.89 bits per heavy atom. The van der Waals surface area contributed by atoms with Crippen molar-refractivity contribution in [3.63, 3.8) is 0 Å². The first kappa shape index (κ1) is 18.4. The number of anilines is 1. The molecular weight excluding hydrogens is 372 g/mol. The number of nitrogens with zero attached hydrogens (tertiary/aromatic N) is 2. The fourth-order valence-corrected chi connectivity index (χ4v) is 5.01. The quantitative estimate of drug-likeness (QED) is 0.574. The van der Waals surface area contributed by atoms with Gasteiger partial charge in [0.1, 0.15) is 0 Å². The molecule has 0 atom stereocenters. The summed E-state index contributed by atoms with van der Waals surface area (Å²) in [6.07, 6.45) is 2.02. The third kappa shape index (κ3) is 4.32. The van der Waals surface area contributed by atoms with Crippen molar-refractivity contribution in [2.75, 3.05) is 18.0 Å². The molecule has 1 aromatic carbocycles. The summed E-state index contributed by atoms with van der Waals surface area (Å²) in [5.74, 6) is 0.130. The summed E-state index contributed by atoms with van der Waals surface area (Å²) in [7, 11) is 0. The Labute approximate surface area is 168 Å². The molecule has 0 spiro atoms. The number of carbonyl (C=O) groups is 1. The Morgan fingerprint density at radius 1 is 1.11 bits per heavy atom. The van der Waals surface area contributed by atoms with E-state index in [4.69, 9.17) is 0 Å². The van der Waals surface area contributed by atoms with Gasteiger partial charge in [-0.3, -0.25) is 9.69 Å². The molecule has 2 aromatic heterocycles. The molecule has 3 heterocycles. The van der Waals surface area contributed by atoms with E-state index >= 15 is 0 Å². The number of hydrogen-bond donors (Lipinski definition) is 0. The zero-order valence-electron chi connectivity index (χ0n) is 15.5. The Kier molecular flexibility index (Phi) is 5.72. The molecule has 0 saturated carbocycles. The van der Waals surface area contributed by atoms with Crippen molar-refractivity contribution in [1.29, 1.82) is 0 Å². The van der Waals surface area contributed by atoms with E-state index in [1.807, 2.05) is 22.4 Å². The van der Waals surface area contributed by atoms with E-state index in [2.05, 4.69) is 52.9 Å². The van der Waals surface area contributed by atoms with Crippen LogP contribution < -0.4 is 4.90 Å². The second-order valence-electron chi connectivity index (χ2n) is 7.13. The summed E-state index contributed by atoms with van der Waals surface area (Å²) in [5.41, 5.74) is 3.62. The lowest BCUT2D eigenvalue weighted by molar-refractivity contribution is 0.0962. The molecular formula is C22H24N2OS2. The zero-order chi connectivity index (χ0) is 18.6. The van der Waals surface area contributed by atoms with E-state index in [1.54, 1.807) is 11.3 Å². The number of hydrogen-bond acceptors (Lipinski definition) is 4. The Hall–Kier alpha value is -1.95. The largest absolute Gasteiger partial charge is 0.305 e. The van der Waals surface area contributed by atoms with Crippen LogP contribution in [0.5, 0.6) is 0 Å². The number of carbonyl (C=O) groups excluding carboxylic acids is 1. The van der Waals surface area contributed by atoms with E-state index < -0.39 is 0 Å². The topological polar surface area (TPSA) is 23.6 Å². The number of rotatable bonds is 5. The minimum absolute atomic E-state index is 0.130. The number of benzene rings is 1. The molecule has 3 nitrogen and oxygen atoms in total. The van der Waals surface area contributed by atoms with Gasteiger partial charge in [0, 0.05) is 31.4 Å². The molecule has 0 N–H and O–H groups in total.